The Bertz CT molecular complexity index is 1120. The van der Waals surface area contributed by atoms with Gasteiger partial charge in [0.25, 0.3) is 5.91 Å². The molecule has 1 saturated carbocycles. The number of rotatable bonds is 5. The van der Waals surface area contributed by atoms with Crippen LogP contribution in [0.25, 0.3) is 11.3 Å². The van der Waals surface area contributed by atoms with Crippen molar-refractivity contribution in [3.05, 3.63) is 76.7 Å². The van der Waals surface area contributed by atoms with Crippen LogP contribution in [0.15, 0.2) is 48.7 Å². The summed E-state index contributed by atoms with van der Waals surface area (Å²) in [6.07, 6.45) is 6.42. The standard InChI is InChI=1S/C26H28N4O/c1-17-13-21(11-12-28-17)20-9-7-19(8-10-20)16-29-26(31)24-14-18(2)30-25(24)23-6-4-3-5-22(23)15-27/h3-6,11-14,19-20,30H,7-10,16H2,1-2H3,(H,29,31). The number of hydrogen-bond donors (Lipinski definition) is 2. The highest BCUT2D eigenvalue weighted by Crippen LogP contribution is 2.35. The molecule has 2 aromatic heterocycles. The van der Waals surface area contributed by atoms with Crippen molar-refractivity contribution in [2.45, 2.75) is 45.4 Å². The number of carbonyl (C=O) groups is 1. The van der Waals surface area contributed by atoms with Crippen LogP contribution >= 0.6 is 0 Å². The summed E-state index contributed by atoms with van der Waals surface area (Å²) in [6.45, 7) is 4.65. The number of hydrogen-bond acceptors (Lipinski definition) is 3. The summed E-state index contributed by atoms with van der Waals surface area (Å²) in [5.41, 5.74) is 5.99. The first-order chi connectivity index (χ1) is 15.0. The van der Waals surface area contributed by atoms with Gasteiger partial charge in [0.2, 0.25) is 0 Å². The number of nitrogens with zero attached hydrogens (tertiary/aromatic N) is 2. The fourth-order valence-corrected chi connectivity index (χ4v) is 4.63. The van der Waals surface area contributed by atoms with Crippen LogP contribution in [-0.4, -0.2) is 22.4 Å². The topological polar surface area (TPSA) is 81.6 Å². The molecule has 0 atom stereocenters. The first kappa shape index (κ1) is 20.9. The van der Waals surface area contributed by atoms with E-state index in [-0.39, 0.29) is 5.91 Å². The number of aromatic nitrogens is 2. The third-order valence-electron chi connectivity index (χ3n) is 6.30. The van der Waals surface area contributed by atoms with Crippen LogP contribution in [0.1, 0.15) is 64.5 Å². The molecule has 2 N–H and O–H groups in total. The van der Waals surface area contributed by atoms with Crippen molar-refractivity contribution in [2.75, 3.05) is 6.54 Å². The molecule has 0 aliphatic heterocycles. The van der Waals surface area contributed by atoms with Gasteiger partial charge >= 0.3 is 0 Å². The maximum absolute atomic E-state index is 13.0. The van der Waals surface area contributed by atoms with Gasteiger partial charge in [-0.1, -0.05) is 18.2 Å². The SMILES string of the molecule is Cc1cc(C2CCC(CNC(=O)c3cc(C)[nH]c3-c3ccccc3C#N)CC2)ccn1. The van der Waals surface area contributed by atoms with E-state index in [0.717, 1.165) is 42.6 Å². The molecule has 5 heteroatoms. The molecule has 0 bridgehead atoms. The summed E-state index contributed by atoms with van der Waals surface area (Å²) in [4.78, 5) is 20.6. The lowest BCUT2D eigenvalue weighted by Crippen LogP contribution is -2.31. The number of amides is 1. The maximum atomic E-state index is 13.0. The third kappa shape index (κ3) is 4.69. The third-order valence-corrected chi connectivity index (χ3v) is 6.30. The second-order valence-electron chi connectivity index (χ2n) is 8.56. The molecule has 1 aromatic carbocycles. The molecule has 0 spiro atoms. The Morgan fingerprint density at radius 3 is 2.68 bits per heavy atom. The van der Waals surface area contributed by atoms with Gasteiger partial charge in [0, 0.05) is 29.7 Å². The van der Waals surface area contributed by atoms with Gasteiger partial charge in [-0.05, 0) is 81.2 Å². The van der Waals surface area contributed by atoms with Crippen LogP contribution in [0.2, 0.25) is 0 Å². The average molecular weight is 413 g/mol. The van der Waals surface area contributed by atoms with E-state index in [9.17, 15) is 10.1 Å². The van der Waals surface area contributed by atoms with Crippen molar-refractivity contribution >= 4 is 5.91 Å². The van der Waals surface area contributed by atoms with Crippen LogP contribution in [0.5, 0.6) is 0 Å². The molecule has 0 saturated heterocycles. The van der Waals surface area contributed by atoms with E-state index in [1.165, 1.54) is 5.56 Å². The van der Waals surface area contributed by atoms with E-state index in [1.54, 1.807) is 6.07 Å². The molecule has 158 valence electrons. The van der Waals surface area contributed by atoms with Crippen molar-refractivity contribution in [3.8, 4) is 17.3 Å². The van der Waals surface area contributed by atoms with Gasteiger partial charge in [-0.2, -0.15) is 5.26 Å². The van der Waals surface area contributed by atoms with E-state index in [1.807, 2.05) is 44.3 Å². The highest BCUT2D eigenvalue weighted by atomic mass is 16.1. The van der Waals surface area contributed by atoms with Crippen molar-refractivity contribution in [2.24, 2.45) is 5.92 Å². The first-order valence-electron chi connectivity index (χ1n) is 10.9. The van der Waals surface area contributed by atoms with E-state index in [0.29, 0.717) is 35.2 Å². The van der Waals surface area contributed by atoms with Crippen LogP contribution < -0.4 is 5.32 Å². The minimum absolute atomic E-state index is 0.0843. The largest absolute Gasteiger partial charge is 0.358 e. The first-order valence-corrected chi connectivity index (χ1v) is 10.9. The van der Waals surface area contributed by atoms with Crippen LogP contribution in [0.3, 0.4) is 0 Å². The molecule has 4 rings (SSSR count). The van der Waals surface area contributed by atoms with Gasteiger partial charge in [-0.15, -0.1) is 0 Å². The Morgan fingerprint density at radius 2 is 1.94 bits per heavy atom. The summed E-state index contributed by atoms with van der Waals surface area (Å²) in [5.74, 6) is 1.01. The molecule has 1 fully saturated rings. The molecule has 0 unspecified atom stereocenters. The van der Waals surface area contributed by atoms with Crippen molar-refractivity contribution < 1.29 is 4.79 Å². The smallest absolute Gasteiger partial charge is 0.253 e. The zero-order valence-corrected chi connectivity index (χ0v) is 18.1. The predicted molar refractivity (Wildman–Crippen MR) is 122 cm³/mol. The maximum Gasteiger partial charge on any atom is 0.253 e. The molecule has 3 aromatic rings. The number of aryl methyl sites for hydroxylation is 2. The lowest BCUT2D eigenvalue weighted by Gasteiger charge is -2.29. The zero-order valence-electron chi connectivity index (χ0n) is 18.1. The highest BCUT2D eigenvalue weighted by Gasteiger charge is 2.24. The monoisotopic (exact) mass is 412 g/mol. The Balaban J connectivity index is 1.39. The second kappa shape index (κ2) is 9.18. The van der Waals surface area contributed by atoms with Gasteiger partial charge in [0.05, 0.1) is 22.9 Å². The normalized spacial score (nSPS) is 18.4. The zero-order chi connectivity index (χ0) is 21.8. The molecule has 1 amide bonds. The Morgan fingerprint density at radius 1 is 1.16 bits per heavy atom. The molecule has 1 aliphatic carbocycles. The van der Waals surface area contributed by atoms with E-state index >= 15 is 0 Å². The van der Waals surface area contributed by atoms with Gasteiger partial charge in [-0.25, -0.2) is 0 Å². The number of carbonyl (C=O) groups excluding carboxylic acids is 1. The molecule has 1 aliphatic rings. The van der Waals surface area contributed by atoms with E-state index in [2.05, 4.69) is 33.5 Å². The lowest BCUT2D eigenvalue weighted by molar-refractivity contribution is 0.0943. The number of nitrogens with one attached hydrogen (secondary N) is 2. The average Bonchev–Trinajstić information content (AvgIpc) is 3.19. The molecule has 0 radical (unpaired) electrons. The van der Waals surface area contributed by atoms with Crippen LogP contribution in [-0.2, 0) is 0 Å². The summed E-state index contributed by atoms with van der Waals surface area (Å²) >= 11 is 0. The molecule has 2 heterocycles. The van der Waals surface area contributed by atoms with Crippen molar-refractivity contribution in [3.63, 3.8) is 0 Å². The van der Waals surface area contributed by atoms with Gasteiger partial charge < -0.3 is 10.3 Å². The molecule has 31 heavy (non-hydrogen) atoms. The fourth-order valence-electron chi connectivity index (χ4n) is 4.63. The number of aromatic amines is 1. The number of nitriles is 1. The van der Waals surface area contributed by atoms with Gasteiger partial charge in [0.15, 0.2) is 0 Å². The van der Waals surface area contributed by atoms with E-state index < -0.39 is 0 Å². The van der Waals surface area contributed by atoms with Crippen molar-refractivity contribution in [1.29, 1.82) is 5.26 Å². The Kier molecular flexibility index (Phi) is 6.18. The number of pyridine rings is 1. The summed E-state index contributed by atoms with van der Waals surface area (Å²) in [7, 11) is 0. The minimum atomic E-state index is -0.0843. The quantitative estimate of drug-likeness (QED) is 0.599. The lowest BCUT2D eigenvalue weighted by atomic mass is 9.79. The van der Waals surface area contributed by atoms with Crippen LogP contribution in [0.4, 0.5) is 0 Å². The summed E-state index contributed by atoms with van der Waals surface area (Å²) < 4.78 is 0. The Hall–Kier alpha value is -3.39. The Labute approximate surface area is 183 Å². The minimum Gasteiger partial charge on any atom is -0.358 e. The van der Waals surface area contributed by atoms with Gasteiger partial charge in [-0.3, -0.25) is 9.78 Å². The fraction of sp³-hybridized carbons (Fsp3) is 0.346. The molecular formula is C26H28N4O. The molecular weight excluding hydrogens is 384 g/mol. The number of H-pyrrole nitrogens is 1. The van der Waals surface area contributed by atoms with Crippen molar-refractivity contribution in [1.82, 2.24) is 15.3 Å². The summed E-state index contributed by atoms with van der Waals surface area (Å²) in [6, 6.07) is 15.8. The highest BCUT2D eigenvalue weighted by molar-refractivity contribution is 6.01. The second-order valence-corrected chi connectivity index (χ2v) is 8.56. The van der Waals surface area contributed by atoms with E-state index in [4.69, 9.17) is 0 Å². The molecule has 5 nitrogen and oxygen atoms in total. The van der Waals surface area contributed by atoms with Gasteiger partial charge in [0.1, 0.15) is 0 Å². The predicted octanol–water partition coefficient (Wildman–Crippen LogP) is 5.27. The number of benzene rings is 1. The summed E-state index contributed by atoms with van der Waals surface area (Å²) in [5, 5.41) is 12.6. The van der Waals surface area contributed by atoms with Crippen LogP contribution in [0, 0.1) is 31.1 Å².